The molecule has 0 spiro atoms. The van der Waals surface area contributed by atoms with E-state index in [1.54, 1.807) is 0 Å². The number of benzene rings is 3. The van der Waals surface area contributed by atoms with Crippen molar-refractivity contribution in [1.29, 1.82) is 0 Å². The van der Waals surface area contributed by atoms with Crippen LogP contribution in [0.3, 0.4) is 0 Å². The van der Waals surface area contributed by atoms with E-state index in [1.807, 2.05) is 68.1 Å². The molecule has 4 nitrogen and oxygen atoms in total. The smallest absolute Gasteiger partial charge is 0.253 e. The molecule has 3 aromatic carbocycles. The number of amides is 1. The van der Waals surface area contributed by atoms with Crippen LogP contribution in [-0.2, 0) is 6.61 Å². The Morgan fingerprint density at radius 3 is 2.32 bits per heavy atom. The maximum absolute atomic E-state index is 12.7. The number of nitrogens with zero attached hydrogens (tertiary/aromatic N) is 1. The zero-order valence-corrected chi connectivity index (χ0v) is 16.8. The summed E-state index contributed by atoms with van der Waals surface area (Å²) in [5, 5.41) is 2.31. The van der Waals surface area contributed by atoms with Crippen LogP contribution in [0.5, 0.6) is 11.5 Å². The van der Waals surface area contributed by atoms with Crippen LogP contribution in [0.4, 0.5) is 0 Å². The molecule has 3 rings (SSSR count). The van der Waals surface area contributed by atoms with Crippen LogP contribution < -0.4 is 9.47 Å². The average Bonchev–Trinajstić information content (AvgIpc) is 2.73. The Labute approximate surface area is 166 Å². The third kappa shape index (κ3) is 4.45. The van der Waals surface area contributed by atoms with Crippen molar-refractivity contribution < 1.29 is 14.3 Å². The van der Waals surface area contributed by atoms with E-state index in [0.717, 1.165) is 22.4 Å². The molecule has 1 amide bonds. The molecule has 146 valence electrons. The Morgan fingerprint density at radius 2 is 1.61 bits per heavy atom. The summed E-state index contributed by atoms with van der Waals surface area (Å²) in [4.78, 5) is 14.5. The molecule has 3 aromatic rings. The van der Waals surface area contributed by atoms with Crippen LogP contribution in [0, 0.1) is 0 Å². The first-order chi connectivity index (χ1) is 13.7. The molecule has 0 N–H and O–H groups in total. The molecule has 0 radical (unpaired) electrons. The van der Waals surface area contributed by atoms with Crippen LogP contribution in [0.15, 0.2) is 60.7 Å². The summed E-state index contributed by atoms with van der Waals surface area (Å²) < 4.78 is 11.8. The first-order valence-electron chi connectivity index (χ1n) is 9.82. The van der Waals surface area contributed by atoms with Gasteiger partial charge in [0.2, 0.25) is 0 Å². The molecule has 0 bridgehead atoms. The lowest BCUT2D eigenvalue weighted by Crippen LogP contribution is -2.30. The summed E-state index contributed by atoms with van der Waals surface area (Å²) in [6.45, 7) is 8.19. The largest absolute Gasteiger partial charge is 0.493 e. The van der Waals surface area contributed by atoms with Crippen molar-refractivity contribution >= 4 is 16.7 Å². The molecule has 0 heterocycles. The van der Waals surface area contributed by atoms with Crippen molar-refractivity contribution in [2.45, 2.75) is 27.4 Å². The van der Waals surface area contributed by atoms with Crippen molar-refractivity contribution in [1.82, 2.24) is 4.90 Å². The van der Waals surface area contributed by atoms with Gasteiger partial charge in [0, 0.05) is 24.2 Å². The summed E-state index contributed by atoms with van der Waals surface area (Å²) in [5.74, 6) is 1.57. The summed E-state index contributed by atoms with van der Waals surface area (Å²) in [6, 6.07) is 19.8. The Morgan fingerprint density at radius 1 is 0.857 bits per heavy atom. The fraction of sp³-hybridized carbons (Fsp3) is 0.292. The monoisotopic (exact) mass is 377 g/mol. The van der Waals surface area contributed by atoms with Crippen LogP contribution in [-0.4, -0.2) is 30.5 Å². The summed E-state index contributed by atoms with van der Waals surface area (Å²) in [7, 11) is 0. The molecule has 0 saturated carbocycles. The molecule has 0 unspecified atom stereocenters. The van der Waals surface area contributed by atoms with E-state index in [4.69, 9.17) is 9.47 Å². The highest BCUT2D eigenvalue weighted by atomic mass is 16.5. The van der Waals surface area contributed by atoms with Gasteiger partial charge in [-0.2, -0.15) is 0 Å². The highest BCUT2D eigenvalue weighted by Gasteiger charge is 2.15. The van der Waals surface area contributed by atoms with Gasteiger partial charge in [0.1, 0.15) is 18.1 Å². The zero-order chi connectivity index (χ0) is 19.9. The second kappa shape index (κ2) is 9.27. The topological polar surface area (TPSA) is 38.8 Å². The van der Waals surface area contributed by atoms with Gasteiger partial charge in [-0.3, -0.25) is 4.79 Å². The quantitative estimate of drug-likeness (QED) is 0.535. The van der Waals surface area contributed by atoms with E-state index < -0.39 is 0 Å². The molecule has 0 saturated heterocycles. The van der Waals surface area contributed by atoms with E-state index in [9.17, 15) is 4.79 Å². The van der Waals surface area contributed by atoms with E-state index in [1.165, 1.54) is 5.39 Å². The van der Waals surface area contributed by atoms with E-state index in [-0.39, 0.29) is 5.91 Å². The van der Waals surface area contributed by atoms with E-state index in [2.05, 4.69) is 18.2 Å². The first kappa shape index (κ1) is 19.7. The van der Waals surface area contributed by atoms with Crippen molar-refractivity contribution in [3.05, 3.63) is 71.8 Å². The number of ether oxygens (including phenoxy) is 2. The van der Waals surface area contributed by atoms with Gasteiger partial charge < -0.3 is 14.4 Å². The fourth-order valence-electron chi connectivity index (χ4n) is 3.23. The molecule has 28 heavy (non-hydrogen) atoms. The molecule has 0 aliphatic heterocycles. The second-order valence-electron chi connectivity index (χ2n) is 6.53. The maximum Gasteiger partial charge on any atom is 0.253 e. The molecule has 0 fully saturated rings. The predicted octanol–water partition coefficient (Wildman–Crippen LogP) is 5.30. The van der Waals surface area contributed by atoms with Crippen molar-refractivity contribution in [3.63, 3.8) is 0 Å². The Balaban J connectivity index is 1.83. The van der Waals surface area contributed by atoms with Gasteiger partial charge in [-0.25, -0.2) is 0 Å². The van der Waals surface area contributed by atoms with Crippen molar-refractivity contribution in [3.8, 4) is 11.5 Å². The Hall–Kier alpha value is -3.01. The molecule has 0 aliphatic rings. The number of carbonyl (C=O) groups excluding carboxylic acids is 1. The fourth-order valence-corrected chi connectivity index (χ4v) is 3.23. The third-order valence-electron chi connectivity index (χ3n) is 4.77. The van der Waals surface area contributed by atoms with Gasteiger partial charge in [-0.1, -0.05) is 30.3 Å². The summed E-state index contributed by atoms with van der Waals surface area (Å²) >= 11 is 0. The maximum atomic E-state index is 12.7. The first-order valence-corrected chi connectivity index (χ1v) is 9.82. The minimum Gasteiger partial charge on any atom is -0.493 e. The predicted molar refractivity (Wildman–Crippen MR) is 113 cm³/mol. The standard InChI is InChI=1S/C24H27NO3/c1-4-25(5-2)24(26)20-12-14-23(27-6-3)21(15-20)17-28-22-13-11-18-9-7-8-10-19(18)16-22/h7-16H,4-6,17H2,1-3H3. The lowest BCUT2D eigenvalue weighted by molar-refractivity contribution is 0.0772. The minimum atomic E-state index is 0.0278. The van der Waals surface area contributed by atoms with Crippen molar-refractivity contribution in [2.24, 2.45) is 0 Å². The lowest BCUT2D eigenvalue weighted by atomic mass is 10.1. The van der Waals surface area contributed by atoms with Gasteiger partial charge in [-0.15, -0.1) is 0 Å². The minimum absolute atomic E-state index is 0.0278. The van der Waals surface area contributed by atoms with Gasteiger partial charge in [0.05, 0.1) is 6.61 Å². The third-order valence-corrected chi connectivity index (χ3v) is 4.77. The molecular weight excluding hydrogens is 350 g/mol. The molecule has 0 atom stereocenters. The number of carbonyl (C=O) groups is 1. The van der Waals surface area contributed by atoms with Crippen LogP contribution in [0.25, 0.3) is 10.8 Å². The summed E-state index contributed by atoms with van der Waals surface area (Å²) in [6.07, 6.45) is 0. The van der Waals surface area contributed by atoms with Gasteiger partial charge in [0.25, 0.3) is 5.91 Å². The van der Waals surface area contributed by atoms with Crippen LogP contribution in [0.2, 0.25) is 0 Å². The Kier molecular flexibility index (Phi) is 6.53. The van der Waals surface area contributed by atoms with Gasteiger partial charge in [0.15, 0.2) is 0 Å². The van der Waals surface area contributed by atoms with Crippen molar-refractivity contribution in [2.75, 3.05) is 19.7 Å². The van der Waals surface area contributed by atoms with Gasteiger partial charge >= 0.3 is 0 Å². The second-order valence-corrected chi connectivity index (χ2v) is 6.53. The average molecular weight is 377 g/mol. The molecule has 0 aromatic heterocycles. The van der Waals surface area contributed by atoms with Gasteiger partial charge in [-0.05, 0) is 61.9 Å². The van der Waals surface area contributed by atoms with Crippen LogP contribution >= 0.6 is 0 Å². The van der Waals surface area contributed by atoms with E-state index >= 15 is 0 Å². The number of hydrogen-bond acceptors (Lipinski definition) is 3. The molecular formula is C24H27NO3. The molecule has 0 aliphatic carbocycles. The summed E-state index contributed by atoms with van der Waals surface area (Å²) in [5.41, 5.74) is 1.53. The Bertz CT molecular complexity index is 947. The zero-order valence-electron chi connectivity index (χ0n) is 16.8. The normalized spacial score (nSPS) is 10.7. The van der Waals surface area contributed by atoms with E-state index in [0.29, 0.717) is 31.9 Å². The number of hydrogen-bond donors (Lipinski definition) is 0. The number of rotatable bonds is 8. The van der Waals surface area contributed by atoms with Crippen LogP contribution in [0.1, 0.15) is 36.7 Å². The molecule has 4 heteroatoms. The SMILES string of the molecule is CCOc1ccc(C(=O)N(CC)CC)cc1COc1ccc2ccccc2c1. The number of fused-ring (bicyclic) bond motifs is 1. The highest BCUT2D eigenvalue weighted by molar-refractivity contribution is 5.94. The highest BCUT2D eigenvalue weighted by Crippen LogP contribution is 2.25. The lowest BCUT2D eigenvalue weighted by Gasteiger charge is -2.20.